The molecule has 1 aromatic carbocycles. The number of nitrogen functional groups attached to an aromatic ring is 1. The quantitative estimate of drug-likeness (QED) is 0.697. The molecule has 0 radical (unpaired) electrons. The predicted molar refractivity (Wildman–Crippen MR) is 63.5 cm³/mol. The summed E-state index contributed by atoms with van der Waals surface area (Å²) < 4.78 is 31.7. The summed E-state index contributed by atoms with van der Waals surface area (Å²) in [6, 6.07) is 1.56. The van der Waals surface area contributed by atoms with Crippen LogP contribution in [0.5, 0.6) is 0 Å². The number of hydrogen-bond donors (Lipinski definition) is 3. The van der Waals surface area contributed by atoms with Crippen molar-refractivity contribution in [3.05, 3.63) is 29.3 Å². The Labute approximate surface area is 108 Å². The van der Waals surface area contributed by atoms with Gasteiger partial charge in [-0.25, -0.2) is 8.78 Å². The normalized spacial score (nSPS) is 22.5. The molecule has 1 aliphatic heterocycles. The molecular weight excluding hydrogens is 258 g/mol. The van der Waals surface area contributed by atoms with Crippen molar-refractivity contribution in [2.24, 2.45) is 0 Å². The number of ether oxygens (including phenoxy) is 1. The Morgan fingerprint density at radius 3 is 2.89 bits per heavy atom. The largest absolute Gasteiger partial charge is 0.396 e. The minimum atomic E-state index is -1.16. The van der Waals surface area contributed by atoms with Gasteiger partial charge in [0.15, 0.2) is 5.82 Å². The van der Waals surface area contributed by atoms with E-state index >= 15 is 0 Å². The van der Waals surface area contributed by atoms with E-state index in [4.69, 9.17) is 10.5 Å². The van der Waals surface area contributed by atoms with Gasteiger partial charge in [-0.2, -0.15) is 0 Å². The number of nitrogens with two attached hydrogens (primary N) is 1. The Kier molecular flexibility index (Phi) is 3.68. The molecule has 1 aromatic rings. The Balaban J connectivity index is 2.08. The van der Waals surface area contributed by atoms with E-state index in [1.54, 1.807) is 0 Å². The average molecular weight is 272 g/mol. The van der Waals surface area contributed by atoms with Crippen LogP contribution in [0.15, 0.2) is 12.1 Å². The number of anilines is 1. The van der Waals surface area contributed by atoms with E-state index in [-0.39, 0.29) is 13.2 Å². The highest BCUT2D eigenvalue weighted by molar-refractivity contribution is 5.95. The summed E-state index contributed by atoms with van der Waals surface area (Å²) in [5, 5.41) is 12.3. The number of hydrogen-bond acceptors (Lipinski definition) is 4. The van der Waals surface area contributed by atoms with Crippen LogP contribution < -0.4 is 11.1 Å². The van der Waals surface area contributed by atoms with Crippen LogP contribution in [0.3, 0.4) is 0 Å². The van der Waals surface area contributed by atoms with Crippen molar-refractivity contribution in [3.8, 4) is 0 Å². The van der Waals surface area contributed by atoms with Crippen molar-refractivity contribution in [1.82, 2.24) is 5.32 Å². The second-order valence-corrected chi connectivity index (χ2v) is 4.57. The first-order valence-corrected chi connectivity index (χ1v) is 5.74. The molecule has 7 heteroatoms. The maximum absolute atomic E-state index is 13.6. The molecule has 1 atom stereocenters. The molecule has 4 N–H and O–H groups in total. The number of nitrogens with one attached hydrogen (secondary N) is 1. The molecule has 1 aliphatic rings. The Morgan fingerprint density at radius 1 is 1.53 bits per heavy atom. The van der Waals surface area contributed by atoms with E-state index < -0.39 is 34.4 Å². The van der Waals surface area contributed by atoms with Gasteiger partial charge in [0.05, 0.1) is 17.9 Å². The number of halogens is 2. The number of carbonyl (C=O) groups excluding carboxylic acids is 1. The molecule has 0 aromatic heterocycles. The van der Waals surface area contributed by atoms with Gasteiger partial charge in [-0.3, -0.25) is 4.79 Å². The summed E-state index contributed by atoms with van der Waals surface area (Å²) >= 11 is 0. The number of rotatable bonds is 3. The van der Waals surface area contributed by atoms with Crippen LogP contribution in [-0.2, 0) is 4.74 Å². The zero-order chi connectivity index (χ0) is 14.0. The summed E-state index contributed by atoms with van der Waals surface area (Å²) in [7, 11) is 0. The summed E-state index contributed by atoms with van der Waals surface area (Å²) in [6.45, 7) is 0.399. The van der Waals surface area contributed by atoms with Crippen LogP contribution in [-0.4, -0.2) is 36.4 Å². The van der Waals surface area contributed by atoms with E-state index in [1.165, 1.54) is 0 Å². The maximum atomic E-state index is 13.6. The Hall–Kier alpha value is -1.73. The third kappa shape index (κ3) is 2.99. The van der Waals surface area contributed by atoms with Crippen molar-refractivity contribution in [2.45, 2.75) is 12.0 Å². The van der Waals surface area contributed by atoms with Gasteiger partial charge in [0.1, 0.15) is 11.4 Å². The van der Waals surface area contributed by atoms with Crippen molar-refractivity contribution in [1.29, 1.82) is 0 Å². The van der Waals surface area contributed by atoms with Gasteiger partial charge in [-0.1, -0.05) is 0 Å². The van der Waals surface area contributed by atoms with Crippen LogP contribution >= 0.6 is 0 Å². The van der Waals surface area contributed by atoms with Gasteiger partial charge >= 0.3 is 0 Å². The highest BCUT2D eigenvalue weighted by Crippen LogP contribution is 2.19. The van der Waals surface area contributed by atoms with Crippen molar-refractivity contribution in [2.75, 3.05) is 25.5 Å². The van der Waals surface area contributed by atoms with Gasteiger partial charge in [-0.05, 0) is 12.1 Å². The van der Waals surface area contributed by atoms with E-state index in [0.29, 0.717) is 13.0 Å². The fourth-order valence-electron chi connectivity index (χ4n) is 1.85. The van der Waals surface area contributed by atoms with E-state index in [0.717, 1.165) is 12.1 Å². The molecule has 104 valence electrons. The highest BCUT2D eigenvalue weighted by Gasteiger charge is 2.32. The molecule has 1 fully saturated rings. The molecule has 2 rings (SSSR count). The number of carbonyl (C=O) groups is 1. The topological polar surface area (TPSA) is 84.6 Å². The monoisotopic (exact) mass is 272 g/mol. The SMILES string of the molecule is Nc1cc(F)cc(C(=O)NCC2(O)CCOC2)c1F. The van der Waals surface area contributed by atoms with Gasteiger partial charge in [-0.15, -0.1) is 0 Å². The lowest BCUT2D eigenvalue weighted by molar-refractivity contribution is 0.0264. The fraction of sp³-hybridized carbons (Fsp3) is 0.417. The average Bonchev–Trinajstić information content (AvgIpc) is 2.78. The number of benzene rings is 1. The van der Waals surface area contributed by atoms with Crippen LogP contribution in [0.4, 0.5) is 14.5 Å². The van der Waals surface area contributed by atoms with Crippen LogP contribution in [0.25, 0.3) is 0 Å². The summed E-state index contributed by atoms with van der Waals surface area (Å²) in [6.07, 6.45) is 0.376. The van der Waals surface area contributed by atoms with Gasteiger partial charge < -0.3 is 20.9 Å². The third-order valence-corrected chi connectivity index (χ3v) is 2.97. The molecule has 1 amide bonds. The van der Waals surface area contributed by atoms with E-state index in [2.05, 4.69) is 5.32 Å². The molecule has 0 saturated carbocycles. The second kappa shape index (κ2) is 5.10. The van der Waals surface area contributed by atoms with Gasteiger partial charge in [0.25, 0.3) is 5.91 Å². The maximum Gasteiger partial charge on any atom is 0.254 e. The molecule has 1 unspecified atom stereocenters. The van der Waals surface area contributed by atoms with Crippen LogP contribution in [0.1, 0.15) is 16.8 Å². The van der Waals surface area contributed by atoms with Crippen LogP contribution in [0.2, 0.25) is 0 Å². The summed E-state index contributed by atoms with van der Waals surface area (Å²) in [5.41, 5.74) is 3.15. The van der Waals surface area contributed by atoms with Crippen molar-refractivity contribution >= 4 is 11.6 Å². The Morgan fingerprint density at radius 2 is 2.26 bits per heavy atom. The predicted octanol–water partition coefficient (Wildman–Crippen LogP) is 0.428. The lowest BCUT2D eigenvalue weighted by atomic mass is 10.0. The lowest BCUT2D eigenvalue weighted by Crippen LogP contribution is -2.43. The van der Waals surface area contributed by atoms with Crippen molar-refractivity contribution in [3.63, 3.8) is 0 Å². The minimum absolute atomic E-state index is 0.0955. The first-order valence-electron chi connectivity index (χ1n) is 5.74. The minimum Gasteiger partial charge on any atom is -0.396 e. The molecule has 19 heavy (non-hydrogen) atoms. The molecular formula is C12H14F2N2O3. The molecule has 5 nitrogen and oxygen atoms in total. The van der Waals surface area contributed by atoms with Gasteiger partial charge in [0, 0.05) is 19.6 Å². The fourth-order valence-corrected chi connectivity index (χ4v) is 1.85. The zero-order valence-corrected chi connectivity index (χ0v) is 10.1. The molecule has 0 bridgehead atoms. The number of aliphatic hydroxyl groups is 1. The van der Waals surface area contributed by atoms with Crippen LogP contribution in [0, 0.1) is 11.6 Å². The van der Waals surface area contributed by atoms with E-state index in [1.807, 2.05) is 0 Å². The number of amides is 1. The smallest absolute Gasteiger partial charge is 0.254 e. The Bertz CT molecular complexity index is 502. The van der Waals surface area contributed by atoms with E-state index in [9.17, 15) is 18.7 Å². The summed E-state index contributed by atoms with van der Waals surface area (Å²) in [4.78, 5) is 11.7. The van der Waals surface area contributed by atoms with Gasteiger partial charge in [0.2, 0.25) is 0 Å². The third-order valence-electron chi connectivity index (χ3n) is 2.97. The summed E-state index contributed by atoms with van der Waals surface area (Å²) in [5.74, 6) is -2.61. The second-order valence-electron chi connectivity index (χ2n) is 4.57. The standard InChI is InChI=1S/C12H14F2N2O3/c13-7-3-8(10(14)9(15)4-7)11(17)16-5-12(18)1-2-19-6-12/h3-4,18H,1-2,5-6,15H2,(H,16,17). The molecule has 0 spiro atoms. The molecule has 1 heterocycles. The first kappa shape index (κ1) is 13.7. The highest BCUT2D eigenvalue weighted by atomic mass is 19.1. The molecule has 0 aliphatic carbocycles. The first-order chi connectivity index (χ1) is 8.91. The van der Waals surface area contributed by atoms with Crippen molar-refractivity contribution < 1.29 is 23.4 Å². The lowest BCUT2D eigenvalue weighted by Gasteiger charge is -2.20. The molecule has 1 saturated heterocycles. The zero-order valence-electron chi connectivity index (χ0n) is 10.1.